The van der Waals surface area contributed by atoms with Gasteiger partial charge in [-0.15, -0.1) is 0 Å². The van der Waals surface area contributed by atoms with E-state index in [-0.39, 0.29) is 18.0 Å². The quantitative estimate of drug-likeness (QED) is 0.763. The number of hydrogen-bond donors (Lipinski definition) is 3. The van der Waals surface area contributed by atoms with Gasteiger partial charge in [-0.25, -0.2) is 4.79 Å². The molecule has 0 aliphatic rings. The molecule has 0 radical (unpaired) electrons. The van der Waals surface area contributed by atoms with E-state index in [0.717, 1.165) is 0 Å². The minimum absolute atomic E-state index is 0.117. The van der Waals surface area contributed by atoms with Crippen LogP contribution >= 0.6 is 0 Å². The zero-order chi connectivity index (χ0) is 14.9. The van der Waals surface area contributed by atoms with Crippen LogP contribution in [0.2, 0.25) is 0 Å². The van der Waals surface area contributed by atoms with Gasteiger partial charge in [0, 0.05) is 12.0 Å². The number of nitrogens with two attached hydrogens (primary N) is 1. The smallest absolute Gasteiger partial charge is 0.335 e. The molecule has 0 bridgehead atoms. The summed E-state index contributed by atoms with van der Waals surface area (Å²) < 4.78 is 5.44. The normalized spacial score (nSPS) is 11.5. The number of anilines is 1. The van der Waals surface area contributed by atoms with E-state index in [4.69, 9.17) is 15.3 Å². The van der Waals surface area contributed by atoms with E-state index in [1.807, 2.05) is 0 Å². The van der Waals surface area contributed by atoms with Crippen molar-refractivity contribution in [3.05, 3.63) is 23.8 Å². The fourth-order valence-corrected chi connectivity index (χ4v) is 1.88. The summed E-state index contributed by atoms with van der Waals surface area (Å²) in [6.07, 6.45) is 0.117. The largest absolute Gasteiger partial charge is 0.478 e. The van der Waals surface area contributed by atoms with Crippen molar-refractivity contribution < 1.29 is 19.1 Å². The van der Waals surface area contributed by atoms with Crippen molar-refractivity contribution in [2.75, 3.05) is 5.32 Å². The highest BCUT2D eigenvalue weighted by Crippen LogP contribution is 2.23. The Hall–Kier alpha value is -2.57. The number of fused-ring (bicyclic) bond motifs is 1. The Kier molecular flexibility index (Phi) is 3.35. The Labute approximate surface area is 114 Å². The molecule has 0 fully saturated rings. The van der Waals surface area contributed by atoms with Crippen molar-refractivity contribution in [3.63, 3.8) is 0 Å². The van der Waals surface area contributed by atoms with E-state index < -0.39 is 17.4 Å². The Balaban J connectivity index is 2.28. The van der Waals surface area contributed by atoms with Gasteiger partial charge in [0.2, 0.25) is 5.91 Å². The molecule has 1 amide bonds. The van der Waals surface area contributed by atoms with Gasteiger partial charge in [0.25, 0.3) is 6.01 Å². The lowest BCUT2D eigenvalue weighted by Gasteiger charge is -2.23. The molecule has 7 heteroatoms. The van der Waals surface area contributed by atoms with Crippen LogP contribution in [0, 0.1) is 0 Å². The highest BCUT2D eigenvalue weighted by molar-refractivity contribution is 5.92. The van der Waals surface area contributed by atoms with Gasteiger partial charge in [0.1, 0.15) is 5.52 Å². The second-order valence-corrected chi connectivity index (χ2v) is 5.16. The molecule has 2 rings (SSSR count). The maximum atomic E-state index is 11.0. The lowest BCUT2D eigenvalue weighted by Crippen LogP contribution is -2.36. The molecular formula is C13H15N3O4. The van der Waals surface area contributed by atoms with Crippen LogP contribution < -0.4 is 11.1 Å². The standard InChI is InChI=1S/C13H15N3O4/c1-13(2,6-10(14)17)16-12-15-8-4-3-7(11(18)19)5-9(8)20-12/h3-5H,6H2,1-2H3,(H2,14,17)(H,15,16)(H,18,19). The summed E-state index contributed by atoms with van der Waals surface area (Å²) in [6, 6.07) is 4.63. The summed E-state index contributed by atoms with van der Waals surface area (Å²) >= 11 is 0. The van der Waals surface area contributed by atoms with Crippen LogP contribution in [0.15, 0.2) is 22.6 Å². The van der Waals surface area contributed by atoms with Gasteiger partial charge in [0.15, 0.2) is 5.58 Å². The van der Waals surface area contributed by atoms with Crippen LogP contribution in [0.1, 0.15) is 30.6 Å². The van der Waals surface area contributed by atoms with Crippen molar-refractivity contribution in [2.45, 2.75) is 25.8 Å². The number of nitrogens with one attached hydrogen (secondary N) is 1. The number of carboxylic acids is 1. The number of oxazole rings is 1. The molecule has 106 valence electrons. The number of aromatic carboxylic acids is 1. The minimum Gasteiger partial charge on any atom is -0.478 e. The van der Waals surface area contributed by atoms with E-state index >= 15 is 0 Å². The average Bonchev–Trinajstić information content (AvgIpc) is 2.66. The van der Waals surface area contributed by atoms with Gasteiger partial charge >= 0.3 is 5.97 Å². The molecule has 0 atom stereocenters. The molecule has 0 saturated carbocycles. The number of aromatic nitrogens is 1. The first kappa shape index (κ1) is 13.9. The molecular weight excluding hydrogens is 262 g/mol. The third kappa shape index (κ3) is 3.05. The third-order valence-electron chi connectivity index (χ3n) is 2.70. The summed E-state index contributed by atoms with van der Waals surface area (Å²) in [6.45, 7) is 3.57. The van der Waals surface area contributed by atoms with Gasteiger partial charge in [0.05, 0.1) is 5.56 Å². The minimum atomic E-state index is -1.04. The van der Waals surface area contributed by atoms with Crippen LogP contribution in [0.25, 0.3) is 11.1 Å². The molecule has 7 nitrogen and oxygen atoms in total. The molecule has 2 aromatic rings. The van der Waals surface area contributed by atoms with Crippen molar-refractivity contribution in [1.29, 1.82) is 0 Å². The first-order valence-corrected chi connectivity index (χ1v) is 5.97. The molecule has 4 N–H and O–H groups in total. The number of amides is 1. The van der Waals surface area contributed by atoms with Crippen molar-refractivity contribution in [1.82, 2.24) is 4.98 Å². The van der Waals surface area contributed by atoms with Crippen LogP contribution in [-0.2, 0) is 4.79 Å². The van der Waals surface area contributed by atoms with Crippen molar-refractivity contribution in [3.8, 4) is 0 Å². The van der Waals surface area contributed by atoms with Crippen LogP contribution in [0.3, 0.4) is 0 Å². The summed E-state index contributed by atoms with van der Waals surface area (Å²) in [5, 5.41) is 11.9. The Morgan fingerprint density at radius 1 is 1.45 bits per heavy atom. The molecule has 0 aliphatic heterocycles. The predicted molar refractivity (Wildman–Crippen MR) is 72.5 cm³/mol. The van der Waals surface area contributed by atoms with Gasteiger partial charge in [-0.2, -0.15) is 4.98 Å². The van der Waals surface area contributed by atoms with E-state index in [1.165, 1.54) is 12.1 Å². The van der Waals surface area contributed by atoms with Crippen molar-refractivity contribution in [2.24, 2.45) is 5.73 Å². The first-order valence-electron chi connectivity index (χ1n) is 5.97. The number of nitrogens with zero attached hydrogens (tertiary/aromatic N) is 1. The zero-order valence-corrected chi connectivity index (χ0v) is 11.1. The number of benzene rings is 1. The summed E-state index contributed by atoms with van der Waals surface area (Å²) in [4.78, 5) is 26.0. The zero-order valence-electron chi connectivity index (χ0n) is 11.1. The second kappa shape index (κ2) is 4.84. The van der Waals surface area contributed by atoms with Crippen molar-refractivity contribution >= 4 is 29.0 Å². The van der Waals surface area contributed by atoms with Gasteiger partial charge in [-0.1, -0.05) is 0 Å². The number of carbonyl (C=O) groups is 2. The highest BCUT2D eigenvalue weighted by Gasteiger charge is 2.22. The lowest BCUT2D eigenvalue weighted by molar-refractivity contribution is -0.118. The predicted octanol–water partition coefficient (Wildman–Crippen LogP) is 1.59. The summed E-state index contributed by atoms with van der Waals surface area (Å²) in [7, 11) is 0. The van der Waals surface area contributed by atoms with E-state index in [1.54, 1.807) is 19.9 Å². The Morgan fingerprint density at radius 3 is 2.75 bits per heavy atom. The summed E-state index contributed by atoms with van der Waals surface area (Å²) in [5.74, 6) is -1.47. The number of carbonyl (C=O) groups excluding carboxylic acids is 1. The number of carboxylic acid groups (broad SMARTS) is 1. The Bertz CT molecular complexity index is 675. The SMILES string of the molecule is CC(C)(CC(N)=O)Nc1nc2ccc(C(=O)O)cc2o1. The molecule has 0 aliphatic carbocycles. The monoisotopic (exact) mass is 277 g/mol. The Morgan fingerprint density at radius 2 is 2.15 bits per heavy atom. The van der Waals surface area contributed by atoms with Gasteiger partial charge < -0.3 is 20.6 Å². The van der Waals surface area contributed by atoms with E-state index in [2.05, 4.69) is 10.3 Å². The third-order valence-corrected chi connectivity index (χ3v) is 2.70. The second-order valence-electron chi connectivity index (χ2n) is 5.16. The molecule has 0 spiro atoms. The molecule has 20 heavy (non-hydrogen) atoms. The average molecular weight is 277 g/mol. The topological polar surface area (TPSA) is 118 Å². The fraction of sp³-hybridized carbons (Fsp3) is 0.308. The van der Waals surface area contributed by atoms with Gasteiger partial charge in [-0.3, -0.25) is 4.79 Å². The molecule has 1 aromatic heterocycles. The van der Waals surface area contributed by atoms with Crippen LogP contribution in [0.4, 0.5) is 6.01 Å². The van der Waals surface area contributed by atoms with Gasteiger partial charge in [-0.05, 0) is 32.0 Å². The van der Waals surface area contributed by atoms with E-state index in [9.17, 15) is 9.59 Å². The maximum Gasteiger partial charge on any atom is 0.335 e. The molecule has 1 aromatic carbocycles. The molecule has 0 saturated heterocycles. The van der Waals surface area contributed by atoms with Crippen LogP contribution in [-0.4, -0.2) is 27.5 Å². The fourth-order valence-electron chi connectivity index (χ4n) is 1.88. The molecule has 0 unspecified atom stereocenters. The summed E-state index contributed by atoms with van der Waals surface area (Å²) in [5.41, 5.74) is 5.58. The number of primary amides is 1. The first-order chi connectivity index (χ1) is 9.27. The number of rotatable bonds is 5. The number of hydrogen-bond acceptors (Lipinski definition) is 5. The highest BCUT2D eigenvalue weighted by atomic mass is 16.4. The van der Waals surface area contributed by atoms with E-state index in [0.29, 0.717) is 11.1 Å². The maximum absolute atomic E-state index is 11.0. The lowest BCUT2D eigenvalue weighted by atomic mass is 10.0. The molecule has 1 heterocycles. The van der Waals surface area contributed by atoms with Crippen LogP contribution in [0.5, 0.6) is 0 Å².